The number of nitrogens with zero attached hydrogens (tertiary/aromatic N) is 2. The van der Waals surface area contributed by atoms with E-state index in [-0.39, 0.29) is 0 Å². The molecule has 0 saturated carbocycles. The second-order valence-electron chi connectivity index (χ2n) is 5.10. The molecule has 3 nitrogen and oxygen atoms in total. The van der Waals surface area contributed by atoms with Crippen molar-refractivity contribution in [1.82, 2.24) is 15.1 Å². The van der Waals surface area contributed by atoms with Gasteiger partial charge in [0.25, 0.3) is 0 Å². The number of hydrogen-bond donors (Lipinski definition) is 1. The fourth-order valence-electron chi connectivity index (χ4n) is 1.77. The molecule has 1 aliphatic heterocycles. The van der Waals surface area contributed by atoms with Crippen LogP contribution in [0.15, 0.2) is 0 Å². The third-order valence-corrected chi connectivity index (χ3v) is 2.93. The molecule has 1 N–H and O–H groups in total. The molecule has 3 heteroatoms. The van der Waals surface area contributed by atoms with Gasteiger partial charge in [-0.1, -0.05) is 6.42 Å². The predicted molar refractivity (Wildman–Crippen MR) is 73.0 cm³/mol. The zero-order valence-electron chi connectivity index (χ0n) is 11.9. The van der Waals surface area contributed by atoms with E-state index < -0.39 is 0 Å². The second-order valence-corrected chi connectivity index (χ2v) is 5.10. The fourth-order valence-corrected chi connectivity index (χ4v) is 1.77. The predicted octanol–water partition coefficient (Wildman–Crippen LogP) is 1.65. The maximum atomic E-state index is 3.06. The Morgan fingerprint density at radius 3 is 1.94 bits per heavy atom. The Morgan fingerprint density at radius 1 is 1.12 bits per heavy atom. The molecule has 0 aromatic rings. The summed E-state index contributed by atoms with van der Waals surface area (Å²) < 4.78 is 0. The monoisotopic (exact) mass is 229 g/mol. The van der Waals surface area contributed by atoms with Crippen molar-refractivity contribution in [1.29, 1.82) is 0 Å². The maximum absolute atomic E-state index is 3.06. The molecule has 1 rings (SSSR count). The van der Waals surface area contributed by atoms with E-state index in [0.717, 1.165) is 19.1 Å². The number of nitrogens with one attached hydrogen (secondary N) is 1. The highest BCUT2D eigenvalue weighted by atomic mass is 15.1. The fraction of sp³-hybridized carbons (Fsp3) is 1.00. The van der Waals surface area contributed by atoms with Gasteiger partial charge in [-0.3, -0.25) is 0 Å². The number of likely N-dealkylation sites (N-methyl/N-ethyl adjacent to an activating group) is 2. The van der Waals surface area contributed by atoms with E-state index >= 15 is 0 Å². The van der Waals surface area contributed by atoms with Crippen LogP contribution >= 0.6 is 0 Å². The molecule has 0 unspecified atom stereocenters. The molecule has 1 aliphatic rings. The van der Waals surface area contributed by atoms with Gasteiger partial charge in [0.05, 0.1) is 0 Å². The lowest BCUT2D eigenvalue weighted by Crippen LogP contribution is -2.35. The Kier molecular flexibility index (Phi) is 9.99. The van der Waals surface area contributed by atoms with Gasteiger partial charge in [0.2, 0.25) is 0 Å². The van der Waals surface area contributed by atoms with Gasteiger partial charge in [0, 0.05) is 19.1 Å². The first-order valence-corrected chi connectivity index (χ1v) is 6.61. The van der Waals surface area contributed by atoms with Gasteiger partial charge in [0.1, 0.15) is 0 Å². The Balaban J connectivity index is 0.000000293. The normalized spacial score (nSPS) is 17.4. The van der Waals surface area contributed by atoms with Crippen LogP contribution < -0.4 is 5.32 Å². The van der Waals surface area contributed by atoms with Gasteiger partial charge >= 0.3 is 0 Å². The third kappa shape index (κ3) is 9.13. The number of piperidine rings is 1. The average Bonchev–Trinajstić information content (AvgIpc) is 2.28. The third-order valence-electron chi connectivity index (χ3n) is 2.93. The molecule has 0 amide bonds. The number of likely N-dealkylation sites (tertiary alicyclic amines) is 1. The van der Waals surface area contributed by atoms with Crippen LogP contribution in [0.25, 0.3) is 0 Å². The summed E-state index contributed by atoms with van der Waals surface area (Å²) in [6.45, 7) is 9.43. The molecule has 16 heavy (non-hydrogen) atoms. The minimum absolute atomic E-state index is 0.769. The SMILES string of the molecule is CC(C)N1CCCCC1.CNCCN(C)C. The summed E-state index contributed by atoms with van der Waals surface area (Å²) in [6.07, 6.45) is 4.28. The first-order valence-electron chi connectivity index (χ1n) is 6.61. The highest BCUT2D eigenvalue weighted by molar-refractivity contribution is 4.67. The van der Waals surface area contributed by atoms with Gasteiger partial charge in [-0.2, -0.15) is 0 Å². The molecule has 1 heterocycles. The van der Waals surface area contributed by atoms with Crippen molar-refractivity contribution in [3.05, 3.63) is 0 Å². The van der Waals surface area contributed by atoms with E-state index in [0.29, 0.717) is 0 Å². The first kappa shape index (κ1) is 15.9. The molecule has 98 valence electrons. The molecular formula is C13H31N3. The molecule has 0 spiro atoms. The highest BCUT2D eigenvalue weighted by Crippen LogP contribution is 2.10. The lowest BCUT2D eigenvalue weighted by Gasteiger charge is -2.29. The molecule has 1 fully saturated rings. The number of rotatable bonds is 4. The zero-order chi connectivity index (χ0) is 12.4. The van der Waals surface area contributed by atoms with Crippen LogP contribution in [-0.2, 0) is 0 Å². The van der Waals surface area contributed by atoms with E-state index in [4.69, 9.17) is 0 Å². The summed E-state index contributed by atoms with van der Waals surface area (Å²) in [4.78, 5) is 4.71. The Bertz CT molecular complexity index is 140. The van der Waals surface area contributed by atoms with Crippen LogP contribution in [0.3, 0.4) is 0 Å². The quantitative estimate of drug-likeness (QED) is 0.791. The van der Waals surface area contributed by atoms with Crippen LogP contribution in [-0.4, -0.2) is 63.2 Å². The minimum Gasteiger partial charge on any atom is -0.318 e. The van der Waals surface area contributed by atoms with Crippen molar-refractivity contribution >= 4 is 0 Å². The van der Waals surface area contributed by atoms with Crippen molar-refractivity contribution in [2.45, 2.75) is 39.2 Å². The van der Waals surface area contributed by atoms with Crippen LogP contribution in [0.1, 0.15) is 33.1 Å². The van der Waals surface area contributed by atoms with Gasteiger partial charge in [-0.05, 0) is 60.9 Å². The van der Waals surface area contributed by atoms with E-state index in [9.17, 15) is 0 Å². The van der Waals surface area contributed by atoms with E-state index in [1.54, 1.807) is 0 Å². The van der Waals surface area contributed by atoms with Crippen molar-refractivity contribution < 1.29 is 0 Å². The summed E-state index contributed by atoms with van der Waals surface area (Å²) in [5.41, 5.74) is 0. The molecule has 0 aliphatic carbocycles. The zero-order valence-corrected chi connectivity index (χ0v) is 11.9. The van der Waals surface area contributed by atoms with Crippen molar-refractivity contribution in [3.63, 3.8) is 0 Å². The lowest BCUT2D eigenvalue weighted by molar-refractivity contribution is 0.185. The number of hydrogen-bond acceptors (Lipinski definition) is 3. The Labute approximate surface area is 102 Å². The summed E-state index contributed by atoms with van der Waals surface area (Å²) >= 11 is 0. The van der Waals surface area contributed by atoms with Crippen LogP contribution in [0.5, 0.6) is 0 Å². The van der Waals surface area contributed by atoms with Crippen molar-refractivity contribution in [2.24, 2.45) is 0 Å². The summed E-state index contributed by atoms with van der Waals surface area (Å²) in [5.74, 6) is 0. The topological polar surface area (TPSA) is 18.5 Å². The Hall–Kier alpha value is -0.120. The lowest BCUT2D eigenvalue weighted by atomic mass is 10.1. The molecule has 0 bridgehead atoms. The van der Waals surface area contributed by atoms with E-state index in [2.05, 4.69) is 43.1 Å². The van der Waals surface area contributed by atoms with Gasteiger partial charge < -0.3 is 15.1 Å². The standard InChI is InChI=1S/C8H17N.C5H14N2/c1-8(2)9-6-4-3-5-7-9;1-6-4-5-7(2)3/h8H,3-7H2,1-2H3;6H,4-5H2,1-3H3. The molecule has 0 radical (unpaired) electrons. The molecule has 0 aromatic heterocycles. The minimum atomic E-state index is 0.769. The molecule has 0 atom stereocenters. The largest absolute Gasteiger partial charge is 0.318 e. The second kappa shape index (κ2) is 10.1. The summed E-state index contributed by atoms with van der Waals surface area (Å²) in [6, 6.07) is 0.769. The first-order chi connectivity index (χ1) is 7.57. The average molecular weight is 229 g/mol. The van der Waals surface area contributed by atoms with E-state index in [1.807, 2.05) is 7.05 Å². The Morgan fingerprint density at radius 2 is 1.69 bits per heavy atom. The smallest absolute Gasteiger partial charge is 0.0101 e. The van der Waals surface area contributed by atoms with Gasteiger partial charge in [-0.25, -0.2) is 0 Å². The van der Waals surface area contributed by atoms with Gasteiger partial charge in [-0.15, -0.1) is 0 Å². The summed E-state index contributed by atoms with van der Waals surface area (Å²) in [7, 11) is 6.10. The van der Waals surface area contributed by atoms with Crippen molar-refractivity contribution in [3.8, 4) is 0 Å². The molecular weight excluding hydrogens is 198 g/mol. The molecule has 0 aromatic carbocycles. The van der Waals surface area contributed by atoms with Crippen LogP contribution in [0.4, 0.5) is 0 Å². The maximum Gasteiger partial charge on any atom is 0.0101 e. The molecule has 1 saturated heterocycles. The summed E-state index contributed by atoms with van der Waals surface area (Å²) in [5, 5.41) is 3.06. The van der Waals surface area contributed by atoms with Crippen LogP contribution in [0, 0.1) is 0 Å². The van der Waals surface area contributed by atoms with E-state index in [1.165, 1.54) is 32.4 Å². The van der Waals surface area contributed by atoms with Crippen LogP contribution in [0.2, 0.25) is 0 Å². The highest BCUT2D eigenvalue weighted by Gasteiger charge is 2.11. The van der Waals surface area contributed by atoms with Crippen molar-refractivity contribution in [2.75, 3.05) is 47.3 Å². The van der Waals surface area contributed by atoms with Gasteiger partial charge in [0.15, 0.2) is 0 Å².